The van der Waals surface area contributed by atoms with E-state index >= 15 is 0 Å². The highest BCUT2D eigenvalue weighted by Gasteiger charge is 2.47. The molecule has 1 heterocycles. The fourth-order valence-electron chi connectivity index (χ4n) is 3.81. The van der Waals surface area contributed by atoms with Gasteiger partial charge in [-0.1, -0.05) is 11.6 Å². The van der Waals surface area contributed by atoms with Gasteiger partial charge in [-0.3, -0.25) is 9.59 Å². The van der Waals surface area contributed by atoms with Crippen LogP contribution in [0.5, 0.6) is 11.5 Å². The van der Waals surface area contributed by atoms with Crippen molar-refractivity contribution < 1.29 is 24.2 Å². The highest BCUT2D eigenvalue weighted by atomic mass is 35.5. The van der Waals surface area contributed by atoms with Crippen LogP contribution in [0.15, 0.2) is 48.0 Å². The van der Waals surface area contributed by atoms with Gasteiger partial charge in [-0.2, -0.15) is 0 Å². The summed E-state index contributed by atoms with van der Waals surface area (Å²) in [6.07, 6.45) is 0.657. The maximum absolute atomic E-state index is 13.1. The molecule has 0 bridgehead atoms. The van der Waals surface area contributed by atoms with Crippen LogP contribution in [-0.4, -0.2) is 68.0 Å². The van der Waals surface area contributed by atoms with Crippen molar-refractivity contribution >= 4 is 29.1 Å². The molecule has 0 aliphatic carbocycles. The van der Waals surface area contributed by atoms with Gasteiger partial charge in [-0.05, 0) is 69.5 Å². The predicted molar refractivity (Wildman–Crippen MR) is 123 cm³/mol. The highest BCUT2D eigenvalue weighted by Crippen LogP contribution is 2.44. The quantitative estimate of drug-likeness (QED) is 0.369. The number of aliphatic hydroxyl groups is 1. The first-order valence-electron chi connectivity index (χ1n) is 10.2. The average Bonchev–Trinajstić information content (AvgIpc) is 3.03. The molecule has 170 valence electrons. The van der Waals surface area contributed by atoms with E-state index in [9.17, 15) is 14.7 Å². The normalized spacial score (nSPS) is 17.8. The Labute approximate surface area is 192 Å². The van der Waals surface area contributed by atoms with Crippen molar-refractivity contribution in [1.82, 2.24) is 9.80 Å². The predicted octanol–water partition coefficient (Wildman–Crippen LogP) is 3.73. The SMILES string of the molecule is COc1ccc(OC)c([C@@H]2/C(=C(\O)c3ccc(Cl)cc3)C(=O)C(=O)N2CCCN(C)C)c1. The van der Waals surface area contributed by atoms with Gasteiger partial charge >= 0.3 is 0 Å². The number of hydrogen-bond donors (Lipinski definition) is 1. The van der Waals surface area contributed by atoms with Crippen molar-refractivity contribution in [2.45, 2.75) is 12.5 Å². The van der Waals surface area contributed by atoms with Crippen LogP contribution < -0.4 is 9.47 Å². The van der Waals surface area contributed by atoms with E-state index in [0.29, 0.717) is 40.6 Å². The maximum Gasteiger partial charge on any atom is 0.295 e. The first-order valence-corrected chi connectivity index (χ1v) is 10.6. The second-order valence-electron chi connectivity index (χ2n) is 7.76. The molecule has 2 aromatic rings. The first-order chi connectivity index (χ1) is 15.3. The third-order valence-electron chi connectivity index (χ3n) is 5.39. The zero-order valence-electron chi connectivity index (χ0n) is 18.6. The fraction of sp³-hybridized carbons (Fsp3) is 0.333. The largest absolute Gasteiger partial charge is 0.507 e. The van der Waals surface area contributed by atoms with Crippen LogP contribution in [0.1, 0.15) is 23.6 Å². The van der Waals surface area contributed by atoms with Crippen molar-refractivity contribution in [3.05, 3.63) is 64.2 Å². The lowest BCUT2D eigenvalue weighted by Gasteiger charge is -2.27. The van der Waals surface area contributed by atoms with E-state index in [0.717, 1.165) is 6.54 Å². The van der Waals surface area contributed by atoms with Crippen molar-refractivity contribution in [3.8, 4) is 11.5 Å². The third kappa shape index (κ3) is 4.74. The van der Waals surface area contributed by atoms with Gasteiger partial charge in [0.2, 0.25) is 0 Å². The number of nitrogens with zero attached hydrogens (tertiary/aromatic N) is 2. The van der Waals surface area contributed by atoms with Gasteiger partial charge in [-0.15, -0.1) is 0 Å². The topological polar surface area (TPSA) is 79.3 Å². The molecule has 7 nitrogen and oxygen atoms in total. The smallest absolute Gasteiger partial charge is 0.295 e. The molecule has 0 radical (unpaired) electrons. The summed E-state index contributed by atoms with van der Waals surface area (Å²) in [5.41, 5.74) is 0.965. The number of Topliss-reactive ketones (excluding diaryl/α,β-unsaturated/α-hetero) is 1. The number of ketones is 1. The zero-order chi connectivity index (χ0) is 23.4. The molecular weight excluding hydrogens is 432 g/mol. The van der Waals surface area contributed by atoms with Crippen LogP contribution in [0.25, 0.3) is 5.76 Å². The molecule has 1 atom stereocenters. The summed E-state index contributed by atoms with van der Waals surface area (Å²) in [5.74, 6) is -0.625. The van der Waals surface area contributed by atoms with Crippen molar-refractivity contribution in [2.75, 3.05) is 41.4 Å². The Morgan fingerprint density at radius 3 is 2.38 bits per heavy atom. The van der Waals surface area contributed by atoms with E-state index in [1.807, 2.05) is 19.0 Å². The van der Waals surface area contributed by atoms with Crippen molar-refractivity contribution in [3.63, 3.8) is 0 Å². The number of ether oxygens (including phenoxy) is 2. The molecule has 1 amide bonds. The molecule has 0 saturated carbocycles. The Balaban J connectivity index is 2.18. The molecule has 1 saturated heterocycles. The van der Waals surface area contributed by atoms with Gasteiger partial charge in [-0.25, -0.2) is 0 Å². The monoisotopic (exact) mass is 458 g/mol. The van der Waals surface area contributed by atoms with Crippen molar-refractivity contribution in [2.24, 2.45) is 0 Å². The molecular formula is C24H27ClN2O5. The van der Waals surface area contributed by atoms with E-state index in [2.05, 4.69) is 0 Å². The Hall–Kier alpha value is -3.03. The number of halogens is 1. The number of methoxy groups -OCH3 is 2. The van der Waals surface area contributed by atoms with E-state index in [1.54, 1.807) is 42.5 Å². The lowest BCUT2D eigenvalue weighted by atomic mass is 9.94. The second-order valence-corrected chi connectivity index (χ2v) is 8.20. The van der Waals surface area contributed by atoms with Gasteiger partial charge in [0.15, 0.2) is 0 Å². The van der Waals surface area contributed by atoms with Crippen LogP contribution in [-0.2, 0) is 9.59 Å². The molecule has 1 fully saturated rings. The lowest BCUT2D eigenvalue weighted by molar-refractivity contribution is -0.140. The number of benzene rings is 2. The number of amides is 1. The number of aliphatic hydroxyl groups excluding tert-OH is 1. The molecule has 0 unspecified atom stereocenters. The Bertz CT molecular complexity index is 1030. The van der Waals surface area contributed by atoms with E-state index < -0.39 is 17.7 Å². The Morgan fingerprint density at radius 2 is 1.78 bits per heavy atom. The maximum atomic E-state index is 13.1. The molecule has 0 spiro atoms. The number of likely N-dealkylation sites (tertiary alicyclic amines) is 1. The molecule has 0 aromatic heterocycles. The summed E-state index contributed by atoms with van der Waals surface area (Å²) >= 11 is 5.97. The summed E-state index contributed by atoms with van der Waals surface area (Å²) in [6.45, 7) is 1.08. The minimum atomic E-state index is -0.821. The zero-order valence-corrected chi connectivity index (χ0v) is 19.3. The van der Waals surface area contributed by atoms with Crippen molar-refractivity contribution in [1.29, 1.82) is 0 Å². The fourth-order valence-corrected chi connectivity index (χ4v) is 3.93. The van der Waals surface area contributed by atoms with Gasteiger partial charge in [0, 0.05) is 22.7 Å². The summed E-state index contributed by atoms with van der Waals surface area (Å²) in [4.78, 5) is 29.7. The standard InChI is InChI=1S/C24H27ClN2O5/c1-26(2)12-5-13-27-21(18-14-17(31-3)10-11-19(18)32-4)20(23(29)24(27)30)22(28)15-6-8-16(25)9-7-15/h6-11,14,21,28H,5,12-13H2,1-4H3/b22-20+/t21-/m1/s1. The number of carbonyl (C=O) groups excluding carboxylic acids is 2. The summed E-state index contributed by atoms with van der Waals surface area (Å²) < 4.78 is 10.9. The Kier molecular flexibility index (Phi) is 7.43. The molecule has 1 aliphatic heterocycles. The molecule has 2 aromatic carbocycles. The summed E-state index contributed by atoms with van der Waals surface area (Å²) in [5, 5.41) is 11.6. The number of carbonyl (C=O) groups is 2. The highest BCUT2D eigenvalue weighted by molar-refractivity contribution is 6.46. The number of rotatable bonds is 8. The minimum absolute atomic E-state index is 0.00808. The van der Waals surface area contributed by atoms with Crippen LogP contribution >= 0.6 is 11.6 Å². The molecule has 8 heteroatoms. The van der Waals surface area contributed by atoms with Gasteiger partial charge in [0.25, 0.3) is 11.7 Å². The van der Waals surface area contributed by atoms with E-state index in [4.69, 9.17) is 21.1 Å². The van der Waals surface area contributed by atoms with Gasteiger partial charge in [0.1, 0.15) is 17.3 Å². The molecule has 1 N–H and O–H groups in total. The van der Waals surface area contributed by atoms with Gasteiger partial charge in [0.05, 0.1) is 25.8 Å². The molecule has 32 heavy (non-hydrogen) atoms. The first kappa shape index (κ1) is 23.6. The van der Waals surface area contributed by atoms with Crippen LogP contribution in [0.4, 0.5) is 0 Å². The van der Waals surface area contributed by atoms with Crippen LogP contribution in [0, 0.1) is 0 Å². The number of hydrogen-bond acceptors (Lipinski definition) is 6. The third-order valence-corrected chi connectivity index (χ3v) is 5.65. The summed E-state index contributed by atoms with van der Waals surface area (Å²) in [6, 6.07) is 10.8. The second kappa shape index (κ2) is 10.1. The van der Waals surface area contributed by atoms with E-state index in [-0.39, 0.29) is 11.3 Å². The Morgan fingerprint density at radius 1 is 1.09 bits per heavy atom. The average molecular weight is 459 g/mol. The molecule has 1 aliphatic rings. The van der Waals surface area contributed by atoms with Crippen LogP contribution in [0.2, 0.25) is 5.02 Å². The van der Waals surface area contributed by atoms with E-state index in [1.165, 1.54) is 19.1 Å². The van der Waals surface area contributed by atoms with Gasteiger partial charge < -0.3 is 24.4 Å². The molecule has 3 rings (SSSR count). The minimum Gasteiger partial charge on any atom is -0.507 e. The van der Waals surface area contributed by atoms with Crippen LogP contribution in [0.3, 0.4) is 0 Å². The summed E-state index contributed by atoms with van der Waals surface area (Å²) in [7, 11) is 6.94. The lowest BCUT2D eigenvalue weighted by Crippen LogP contribution is -2.32.